The molecule has 5 heterocycles. The molecular weight excluding hydrogens is 1210 g/mol. The normalized spacial score (nSPS) is 15.3. The Labute approximate surface area is 605 Å². The van der Waals surface area contributed by atoms with Crippen LogP contribution in [0.15, 0.2) is 267 Å². The SMILES string of the molecule is [2H]c1c([2H])c([2H])c2c(c1[2H])c1c([2H])c([2H])c([2H])c([2H])c1n2-c1ccc2c(c1)N(c1ccc(-c3cc(C([2H])([2H])[2H])cc(C([2H])([2H])[2H])c3)cc1-c1ccccc1)c1cc(C(C)(C)C)cc3c1B2c1ccc(-n2c4ccc(C(C)(C)C)cc4c4cc(C(C)(C)C)ccc42)cc1N3c1cc(-n2c3ccccc3c3ccccc32)ccc1C#N. The molecule has 0 saturated heterocycles. The summed E-state index contributed by atoms with van der Waals surface area (Å²) in [4.78, 5) is 4.47. The van der Waals surface area contributed by atoms with Crippen molar-refractivity contribution in [3.63, 3.8) is 0 Å². The molecule has 0 radical (unpaired) electrons. The molecule has 0 atom stereocenters. The van der Waals surface area contributed by atoms with Gasteiger partial charge in [-0.3, -0.25) is 0 Å². The van der Waals surface area contributed by atoms with Gasteiger partial charge < -0.3 is 23.5 Å². The molecule has 6 nitrogen and oxygen atoms in total. The van der Waals surface area contributed by atoms with Crippen molar-refractivity contribution in [2.75, 3.05) is 9.80 Å². The lowest BCUT2D eigenvalue weighted by atomic mass is 9.33. The minimum Gasteiger partial charge on any atom is -0.311 e. The molecule has 0 bridgehead atoms. The first kappa shape index (κ1) is 47.4. The molecule has 482 valence electrons. The van der Waals surface area contributed by atoms with E-state index in [-0.39, 0.29) is 43.8 Å². The Balaban J connectivity index is 0.997. The van der Waals surface area contributed by atoms with Crippen molar-refractivity contribution < 1.29 is 19.2 Å². The van der Waals surface area contributed by atoms with Crippen molar-refractivity contribution in [1.29, 1.82) is 5.26 Å². The smallest absolute Gasteiger partial charge is 0.252 e. The molecule has 18 rings (SSSR count). The highest BCUT2D eigenvalue weighted by Gasteiger charge is 2.46. The summed E-state index contributed by atoms with van der Waals surface area (Å²) in [7, 11) is 0. The van der Waals surface area contributed by atoms with Crippen LogP contribution in [0, 0.1) is 25.0 Å². The number of fused-ring (bicyclic) bond motifs is 13. The first-order valence-electron chi connectivity index (χ1n) is 41.1. The summed E-state index contributed by atoms with van der Waals surface area (Å²) in [5.41, 5.74) is 17.1. The lowest BCUT2D eigenvalue weighted by Crippen LogP contribution is -2.61. The Morgan fingerprint density at radius 1 is 0.350 bits per heavy atom. The van der Waals surface area contributed by atoms with Crippen molar-refractivity contribution in [3.8, 4) is 45.4 Å². The van der Waals surface area contributed by atoms with Gasteiger partial charge in [-0.15, -0.1) is 0 Å². The van der Waals surface area contributed by atoms with Crippen molar-refractivity contribution >= 4 is 123 Å². The molecule has 0 saturated carbocycles. The minimum absolute atomic E-state index is 0.0509. The molecule has 0 fully saturated rings. The maximum absolute atomic E-state index is 12.0. The second-order valence-corrected chi connectivity index (χ2v) is 29.9. The number of nitrogens with zero attached hydrogens (tertiary/aromatic N) is 6. The van der Waals surface area contributed by atoms with E-state index in [1.165, 1.54) is 29.3 Å². The Hall–Kier alpha value is -11.6. The number of hydrogen-bond acceptors (Lipinski definition) is 3. The van der Waals surface area contributed by atoms with Gasteiger partial charge in [0.05, 0.1) is 61.0 Å². The standard InChI is InChI=1S/C93H77BN6/c1-57-45-58(2)47-62(46-57)60-34-42-82(73(48-60)59-23-13-12-14-24-59)99-86-54-67(97-80-31-21-17-27-71(80)72-28-18-22-32-81(72)97)38-40-76(86)94-77-41-39-68(98-83-43-35-63(91(3,4)5)49-74(83)75-50-64(92(6,7)8)36-44-84(75)98)55-87(77)100(89-52-65(93(9,10)11)51-88(99)90(89)94)85-53-66(37-33-61(85)56-95)96-78-29-19-15-25-69(78)70-26-16-20-30-79(70)96/h12-55H,1-11H3/i1D3,2D3,17D,18D,21D,22D,27D,28D,31D,32D. The van der Waals surface area contributed by atoms with Gasteiger partial charge in [0.15, 0.2) is 0 Å². The van der Waals surface area contributed by atoms with Crippen molar-refractivity contribution in [1.82, 2.24) is 13.7 Å². The Morgan fingerprint density at radius 3 is 1.34 bits per heavy atom. The number of aryl methyl sites for hydroxylation is 2. The number of para-hydroxylation sites is 4. The molecule has 0 aliphatic carbocycles. The van der Waals surface area contributed by atoms with Gasteiger partial charge in [0.2, 0.25) is 0 Å². The van der Waals surface area contributed by atoms with Gasteiger partial charge in [0.1, 0.15) is 6.07 Å². The lowest BCUT2D eigenvalue weighted by Gasteiger charge is -2.45. The minimum atomic E-state index is -2.67. The van der Waals surface area contributed by atoms with Gasteiger partial charge in [-0.25, -0.2) is 0 Å². The van der Waals surface area contributed by atoms with Crippen molar-refractivity contribution in [3.05, 3.63) is 300 Å². The van der Waals surface area contributed by atoms with E-state index in [2.05, 4.69) is 184 Å². The van der Waals surface area contributed by atoms with E-state index < -0.39 is 74.2 Å². The number of aromatic nitrogens is 3. The zero-order valence-electron chi connectivity index (χ0n) is 71.0. The molecule has 0 N–H and O–H groups in total. The number of nitriles is 1. The zero-order chi connectivity index (χ0) is 80.4. The van der Waals surface area contributed by atoms with Crippen LogP contribution in [0.4, 0.5) is 34.1 Å². The maximum Gasteiger partial charge on any atom is 0.252 e. The molecule has 2 aliphatic rings. The monoisotopic (exact) mass is 1300 g/mol. The van der Waals surface area contributed by atoms with Crippen LogP contribution in [0.2, 0.25) is 0 Å². The second kappa shape index (κ2) is 22.2. The fraction of sp³-hybridized carbons (Fsp3) is 0.151. The van der Waals surface area contributed by atoms with Gasteiger partial charge in [0.25, 0.3) is 6.71 Å². The van der Waals surface area contributed by atoms with Crippen LogP contribution in [0.25, 0.3) is 105 Å². The van der Waals surface area contributed by atoms with Gasteiger partial charge >= 0.3 is 0 Å². The molecule has 16 aromatic rings. The van der Waals surface area contributed by atoms with Crippen LogP contribution in [0.3, 0.4) is 0 Å². The average molecular weight is 1300 g/mol. The van der Waals surface area contributed by atoms with E-state index in [9.17, 15) is 13.5 Å². The molecule has 7 heteroatoms. The molecule has 2 aliphatic heterocycles. The summed E-state index contributed by atoms with van der Waals surface area (Å²) < 4.78 is 133. The van der Waals surface area contributed by atoms with Gasteiger partial charge in [-0.05, 0) is 195 Å². The molecular formula is C93H77BN6. The van der Waals surface area contributed by atoms with Crippen LogP contribution in [0.5, 0.6) is 0 Å². The van der Waals surface area contributed by atoms with E-state index in [0.29, 0.717) is 50.7 Å². The predicted molar refractivity (Wildman–Crippen MR) is 425 cm³/mol. The third-order valence-corrected chi connectivity index (χ3v) is 20.7. The summed E-state index contributed by atoms with van der Waals surface area (Å²) in [6.07, 6.45) is 0. The van der Waals surface area contributed by atoms with Gasteiger partial charge in [0, 0.05) is 85.9 Å². The lowest BCUT2D eigenvalue weighted by molar-refractivity contribution is 0.590. The Bertz CT molecular complexity index is 6680. The number of rotatable bonds is 7. The molecule has 3 aromatic heterocycles. The van der Waals surface area contributed by atoms with Crippen molar-refractivity contribution in [2.45, 2.75) is 92.3 Å². The highest BCUT2D eigenvalue weighted by Crippen LogP contribution is 2.52. The second-order valence-electron chi connectivity index (χ2n) is 29.9. The molecule has 13 aromatic carbocycles. The average Bonchev–Trinajstić information content (AvgIpc) is 0.881. The number of hydrogen-bond donors (Lipinski definition) is 0. The van der Waals surface area contributed by atoms with Crippen LogP contribution < -0.4 is 26.2 Å². The first-order valence-corrected chi connectivity index (χ1v) is 34.1. The predicted octanol–water partition coefficient (Wildman–Crippen LogP) is 22.8. The molecule has 0 unspecified atom stereocenters. The van der Waals surface area contributed by atoms with E-state index in [4.69, 9.17) is 11.0 Å². The highest BCUT2D eigenvalue weighted by molar-refractivity contribution is 7.00. The number of anilines is 6. The number of benzene rings is 13. The fourth-order valence-corrected chi connectivity index (χ4v) is 15.8. The summed E-state index contributed by atoms with van der Waals surface area (Å²) >= 11 is 0. The Kier molecular flexibility index (Phi) is 10.5. The van der Waals surface area contributed by atoms with Gasteiger partial charge in [-0.1, -0.05) is 225 Å². The third kappa shape index (κ3) is 9.44. The van der Waals surface area contributed by atoms with Crippen molar-refractivity contribution in [2.24, 2.45) is 0 Å². The van der Waals surface area contributed by atoms with E-state index in [1.807, 2.05) is 103 Å². The van der Waals surface area contributed by atoms with E-state index in [1.54, 1.807) is 4.57 Å². The topological polar surface area (TPSA) is 45.1 Å². The summed E-state index contributed by atoms with van der Waals surface area (Å²) in [5, 5.41) is 16.2. The summed E-state index contributed by atoms with van der Waals surface area (Å²) in [5.74, 6) is 0. The first-order chi connectivity index (χ1) is 54.0. The van der Waals surface area contributed by atoms with Crippen LogP contribution in [-0.4, -0.2) is 20.4 Å². The zero-order valence-corrected chi connectivity index (χ0v) is 57.0. The Morgan fingerprint density at radius 2 is 0.820 bits per heavy atom. The van der Waals surface area contributed by atoms with Crippen LogP contribution in [0.1, 0.15) is 115 Å². The van der Waals surface area contributed by atoms with Gasteiger partial charge in [-0.2, -0.15) is 5.26 Å². The van der Waals surface area contributed by atoms with Crippen LogP contribution >= 0.6 is 0 Å². The third-order valence-electron chi connectivity index (χ3n) is 20.7. The summed E-state index contributed by atoms with van der Waals surface area (Å²) in [6, 6.07) is 71.7. The fourth-order valence-electron chi connectivity index (χ4n) is 15.8. The summed E-state index contributed by atoms with van der Waals surface area (Å²) in [6.45, 7) is 13.9. The van der Waals surface area contributed by atoms with E-state index >= 15 is 0 Å². The van der Waals surface area contributed by atoms with E-state index in [0.717, 1.165) is 93.9 Å². The maximum atomic E-state index is 12.0. The molecule has 100 heavy (non-hydrogen) atoms. The largest absolute Gasteiger partial charge is 0.311 e. The quantitative estimate of drug-likeness (QED) is 0.149. The molecule has 0 spiro atoms. The molecule has 0 amide bonds. The van der Waals surface area contributed by atoms with Crippen LogP contribution in [-0.2, 0) is 16.2 Å². The highest BCUT2D eigenvalue weighted by atomic mass is 15.2.